The number of nitrogens with one attached hydrogen (secondary N) is 1. The summed E-state index contributed by atoms with van der Waals surface area (Å²) in [6.07, 6.45) is 2.26. The lowest BCUT2D eigenvalue weighted by atomic mass is 10.1. The van der Waals surface area contributed by atoms with Crippen molar-refractivity contribution >= 4 is 5.97 Å². The van der Waals surface area contributed by atoms with Crippen molar-refractivity contribution in [3.63, 3.8) is 0 Å². The van der Waals surface area contributed by atoms with E-state index in [0.717, 1.165) is 31.5 Å². The van der Waals surface area contributed by atoms with Gasteiger partial charge in [0.15, 0.2) is 0 Å². The number of rotatable bonds is 5. The second-order valence-corrected chi connectivity index (χ2v) is 4.43. The number of carbonyl (C=O) groups excluding carboxylic acids is 1. The van der Waals surface area contributed by atoms with Gasteiger partial charge in [0.05, 0.1) is 6.10 Å². The van der Waals surface area contributed by atoms with E-state index >= 15 is 0 Å². The Morgan fingerprint density at radius 2 is 2.17 bits per heavy atom. The maximum absolute atomic E-state index is 11.5. The van der Waals surface area contributed by atoms with Gasteiger partial charge in [-0.05, 0) is 24.9 Å². The zero-order valence-corrected chi connectivity index (χ0v) is 10.4. The van der Waals surface area contributed by atoms with Gasteiger partial charge >= 0.3 is 5.97 Å². The molecule has 0 spiro atoms. The van der Waals surface area contributed by atoms with Crippen molar-refractivity contribution < 1.29 is 14.3 Å². The first-order valence-corrected chi connectivity index (χ1v) is 6.36. The molecule has 0 bridgehead atoms. The standard InChI is InChI=1S/C14H19NO3/c16-14(11-17-13-7-4-8-15-9-13)18-10-12-5-2-1-3-6-12/h1-3,5-6,13,15H,4,7-11H2. The normalized spacial score (nSPS) is 19.4. The monoisotopic (exact) mass is 249 g/mol. The van der Waals surface area contributed by atoms with Gasteiger partial charge in [-0.3, -0.25) is 0 Å². The number of piperidine rings is 1. The number of hydrogen-bond donors (Lipinski definition) is 1. The largest absolute Gasteiger partial charge is 0.459 e. The van der Waals surface area contributed by atoms with E-state index in [2.05, 4.69) is 5.32 Å². The van der Waals surface area contributed by atoms with E-state index < -0.39 is 0 Å². The summed E-state index contributed by atoms with van der Waals surface area (Å²) in [5.41, 5.74) is 0.991. The van der Waals surface area contributed by atoms with Crippen LogP contribution in [0.3, 0.4) is 0 Å². The Morgan fingerprint density at radius 3 is 2.89 bits per heavy atom. The summed E-state index contributed by atoms with van der Waals surface area (Å²) in [6, 6.07) is 9.64. The molecule has 1 heterocycles. The lowest BCUT2D eigenvalue weighted by Crippen LogP contribution is -2.36. The van der Waals surface area contributed by atoms with E-state index in [0.29, 0.717) is 6.61 Å². The minimum absolute atomic E-state index is 0.0409. The van der Waals surface area contributed by atoms with Gasteiger partial charge in [0.25, 0.3) is 0 Å². The first-order valence-electron chi connectivity index (χ1n) is 6.36. The Morgan fingerprint density at radius 1 is 1.33 bits per heavy atom. The molecule has 4 heteroatoms. The molecule has 4 nitrogen and oxygen atoms in total. The number of benzene rings is 1. The van der Waals surface area contributed by atoms with Gasteiger partial charge in [0, 0.05) is 6.54 Å². The van der Waals surface area contributed by atoms with Crippen LogP contribution in [0.15, 0.2) is 30.3 Å². The van der Waals surface area contributed by atoms with Crippen molar-refractivity contribution in [3.8, 4) is 0 Å². The highest BCUT2D eigenvalue weighted by Gasteiger charge is 2.15. The molecule has 1 aliphatic heterocycles. The summed E-state index contributed by atoms with van der Waals surface area (Å²) in [7, 11) is 0. The van der Waals surface area contributed by atoms with Crippen LogP contribution >= 0.6 is 0 Å². The molecular formula is C14H19NO3. The molecule has 1 fully saturated rings. The van der Waals surface area contributed by atoms with Gasteiger partial charge in [0.1, 0.15) is 13.2 Å². The van der Waals surface area contributed by atoms with Crippen molar-refractivity contribution in [1.29, 1.82) is 0 Å². The molecule has 1 aromatic rings. The van der Waals surface area contributed by atoms with Crippen molar-refractivity contribution in [2.75, 3.05) is 19.7 Å². The zero-order valence-electron chi connectivity index (χ0n) is 10.4. The summed E-state index contributed by atoms with van der Waals surface area (Å²) in [5.74, 6) is -0.301. The fourth-order valence-corrected chi connectivity index (χ4v) is 1.93. The highest BCUT2D eigenvalue weighted by molar-refractivity contribution is 5.70. The van der Waals surface area contributed by atoms with E-state index in [-0.39, 0.29) is 18.7 Å². The molecule has 1 aromatic carbocycles. The van der Waals surface area contributed by atoms with Crippen LogP contribution in [0.4, 0.5) is 0 Å². The van der Waals surface area contributed by atoms with Crippen molar-refractivity contribution in [2.24, 2.45) is 0 Å². The molecule has 98 valence electrons. The van der Waals surface area contributed by atoms with Crippen LogP contribution in [0, 0.1) is 0 Å². The number of esters is 1. The summed E-state index contributed by atoms with van der Waals surface area (Å²) < 4.78 is 10.6. The minimum atomic E-state index is -0.301. The summed E-state index contributed by atoms with van der Waals surface area (Å²) >= 11 is 0. The molecule has 2 rings (SSSR count). The van der Waals surface area contributed by atoms with Gasteiger partial charge in [-0.25, -0.2) is 4.79 Å². The maximum atomic E-state index is 11.5. The molecule has 1 saturated heterocycles. The molecule has 1 unspecified atom stereocenters. The molecule has 0 aromatic heterocycles. The van der Waals surface area contributed by atoms with Crippen LogP contribution in [0.25, 0.3) is 0 Å². The van der Waals surface area contributed by atoms with Gasteiger partial charge < -0.3 is 14.8 Å². The van der Waals surface area contributed by atoms with Gasteiger partial charge in [-0.1, -0.05) is 30.3 Å². The quantitative estimate of drug-likeness (QED) is 0.803. The SMILES string of the molecule is O=C(COC1CCCNC1)OCc1ccccc1. The maximum Gasteiger partial charge on any atom is 0.332 e. The summed E-state index contributed by atoms with van der Waals surface area (Å²) in [4.78, 5) is 11.5. The molecular weight excluding hydrogens is 230 g/mol. The van der Waals surface area contributed by atoms with Gasteiger partial charge in [-0.2, -0.15) is 0 Å². The Balaban J connectivity index is 1.63. The molecule has 0 radical (unpaired) electrons. The molecule has 18 heavy (non-hydrogen) atoms. The van der Waals surface area contributed by atoms with Crippen molar-refractivity contribution in [1.82, 2.24) is 5.32 Å². The first kappa shape index (κ1) is 13.1. The van der Waals surface area contributed by atoms with E-state index in [1.54, 1.807) is 0 Å². The zero-order chi connectivity index (χ0) is 12.6. The van der Waals surface area contributed by atoms with Gasteiger partial charge in [-0.15, -0.1) is 0 Å². The minimum Gasteiger partial charge on any atom is -0.459 e. The molecule has 1 N–H and O–H groups in total. The van der Waals surface area contributed by atoms with Crippen LogP contribution in [0.5, 0.6) is 0 Å². The fraction of sp³-hybridized carbons (Fsp3) is 0.500. The summed E-state index contributed by atoms with van der Waals surface area (Å²) in [5, 5.41) is 3.24. The highest BCUT2D eigenvalue weighted by atomic mass is 16.6. The van der Waals surface area contributed by atoms with E-state index in [1.807, 2.05) is 30.3 Å². The number of hydrogen-bond acceptors (Lipinski definition) is 4. The van der Waals surface area contributed by atoms with Crippen LogP contribution in [0.1, 0.15) is 18.4 Å². The average Bonchev–Trinajstić information content (AvgIpc) is 2.45. The predicted octanol–water partition coefficient (Wildman–Crippen LogP) is 1.50. The van der Waals surface area contributed by atoms with E-state index in [9.17, 15) is 4.79 Å². The second-order valence-electron chi connectivity index (χ2n) is 4.43. The Bertz CT molecular complexity index is 361. The fourth-order valence-electron chi connectivity index (χ4n) is 1.93. The molecule has 0 saturated carbocycles. The van der Waals surface area contributed by atoms with E-state index in [4.69, 9.17) is 9.47 Å². The Kier molecular flexibility index (Phi) is 5.17. The highest BCUT2D eigenvalue weighted by Crippen LogP contribution is 2.06. The lowest BCUT2D eigenvalue weighted by Gasteiger charge is -2.22. The van der Waals surface area contributed by atoms with E-state index in [1.165, 1.54) is 0 Å². The topological polar surface area (TPSA) is 47.6 Å². The Hall–Kier alpha value is -1.39. The summed E-state index contributed by atoms with van der Waals surface area (Å²) in [6.45, 7) is 2.22. The third-order valence-corrected chi connectivity index (χ3v) is 2.93. The Labute approximate surface area is 107 Å². The first-order chi connectivity index (χ1) is 8.84. The second kappa shape index (κ2) is 7.13. The van der Waals surface area contributed by atoms with Gasteiger partial charge in [0.2, 0.25) is 0 Å². The van der Waals surface area contributed by atoms with Crippen molar-refractivity contribution in [3.05, 3.63) is 35.9 Å². The third-order valence-electron chi connectivity index (χ3n) is 2.93. The smallest absolute Gasteiger partial charge is 0.332 e. The molecule has 0 aliphatic carbocycles. The average molecular weight is 249 g/mol. The predicted molar refractivity (Wildman–Crippen MR) is 68.1 cm³/mol. The van der Waals surface area contributed by atoms with Crippen LogP contribution in [0.2, 0.25) is 0 Å². The third kappa shape index (κ3) is 4.47. The number of carbonyl (C=O) groups is 1. The molecule has 1 atom stereocenters. The van der Waals surface area contributed by atoms with Crippen LogP contribution < -0.4 is 5.32 Å². The van der Waals surface area contributed by atoms with Crippen LogP contribution in [-0.4, -0.2) is 31.8 Å². The lowest BCUT2D eigenvalue weighted by molar-refractivity contribution is -0.152. The number of ether oxygens (including phenoxy) is 2. The van der Waals surface area contributed by atoms with Crippen LogP contribution in [-0.2, 0) is 20.9 Å². The molecule has 0 amide bonds. The van der Waals surface area contributed by atoms with Crippen molar-refractivity contribution in [2.45, 2.75) is 25.6 Å². The molecule has 1 aliphatic rings.